The maximum absolute atomic E-state index is 13.2. The molecule has 162 valence electrons. The van der Waals surface area contributed by atoms with Crippen LogP contribution < -0.4 is 9.47 Å². The number of allylic oxidation sites excluding steroid dienone is 1. The third-order valence-corrected chi connectivity index (χ3v) is 6.13. The van der Waals surface area contributed by atoms with Crippen molar-refractivity contribution in [2.45, 2.75) is 12.8 Å². The minimum Gasteiger partial charge on any atom is -0.486 e. The van der Waals surface area contributed by atoms with Gasteiger partial charge in [0, 0.05) is 28.5 Å². The van der Waals surface area contributed by atoms with Crippen LogP contribution in [0.15, 0.2) is 84.6 Å². The minimum atomic E-state index is 0.0948. The number of aryl methyl sites for hydroxylation is 1. The molecule has 2 heterocycles. The van der Waals surface area contributed by atoms with Crippen LogP contribution in [0.25, 0.3) is 23.0 Å². The van der Waals surface area contributed by atoms with E-state index in [-0.39, 0.29) is 5.78 Å². The van der Waals surface area contributed by atoms with Gasteiger partial charge in [-0.15, -0.1) is 0 Å². The zero-order valence-electron chi connectivity index (χ0n) is 18.0. The predicted octanol–water partition coefficient (Wildman–Crippen LogP) is 5.52. The monoisotopic (exact) mass is 434 g/mol. The molecule has 3 aromatic carbocycles. The molecule has 1 aromatic heterocycles. The fraction of sp³-hybridized carbons (Fsp3) is 0.143. The molecule has 6 rings (SSSR count). The maximum Gasteiger partial charge on any atom is 0.189 e. The molecule has 0 saturated heterocycles. The molecule has 0 atom stereocenters. The standard InChI is InChI=1S/C28H22N2O3/c31-28-21(11-10-19-6-4-5-9-24(19)28)16-22-18-30(23-7-2-1-3-8-23)29-27(22)20-12-13-25-26(17-20)33-15-14-32-25/h1-9,12-13,16-18H,10-11,14-15H2. The summed E-state index contributed by atoms with van der Waals surface area (Å²) in [6.45, 7) is 1.08. The van der Waals surface area contributed by atoms with Crippen LogP contribution in [0.1, 0.15) is 27.9 Å². The molecule has 4 aromatic rings. The first-order valence-electron chi connectivity index (χ1n) is 11.1. The van der Waals surface area contributed by atoms with E-state index in [0.717, 1.165) is 51.4 Å². The number of fused-ring (bicyclic) bond motifs is 2. The summed E-state index contributed by atoms with van der Waals surface area (Å²) in [7, 11) is 0. The van der Waals surface area contributed by atoms with Gasteiger partial charge in [0.25, 0.3) is 0 Å². The molecule has 0 fully saturated rings. The fourth-order valence-electron chi connectivity index (χ4n) is 4.46. The Bertz CT molecular complexity index is 1390. The lowest BCUT2D eigenvalue weighted by atomic mass is 9.86. The average molecular weight is 434 g/mol. The van der Waals surface area contributed by atoms with E-state index in [1.165, 1.54) is 0 Å². The number of carbonyl (C=O) groups excluding carboxylic acids is 1. The Hall–Kier alpha value is -4.12. The van der Waals surface area contributed by atoms with Crippen molar-refractivity contribution >= 4 is 11.9 Å². The highest BCUT2D eigenvalue weighted by atomic mass is 16.6. The van der Waals surface area contributed by atoms with E-state index in [4.69, 9.17) is 14.6 Å². The Labute approximate surface area is 191 Å². The van der Waals surface area contributed by atoms with Crippen LogP contribution in [0.4, 0.5) is 0 Å². The number of nitrogens with zero attached hydrogens (tertiary/aromatic N) is 2. The number of ketones is 1. The molecule has 5 nitrogen and oxygen atoms in total. The molecule has 0 bridgehead atoms. The SMILES string of the molecule is O=C1C(=Cc2cn(-c3ccccc3)nc2-c2ccc3c(c2)OCCO3)CCc2ccccc21. The highest BCUT2D eigenvalue weighted by Crippen LogP contribution is 2.36. The summed E-state index contributed by atoms with van der Waals surface area (Å²) in [4.78, 5) is 13.2. The third-order valence-electron chi connectivity index (χ3n) is 6.13. The first-order valence-corrected chi connectivity index (χ1v) is 11.1. The van der Waals surface area contributed by atoms with E-state index >= 15 is 0 Å². The second-order valence-corrected chi connectivity index (χ2v) is 8.23. The van der Waals surface area contributed by atoms with Crippen molar-refractivity contribution in [2.75, 3.05) is 13.2 Å². The predicted molar refractivity (Wildman–Crippen MR) is 127 cm³/mol. The van der Waals surface area contributed by atoms with Crippen LogP contribution in [0.2, 0.25) is 0 Å². The number of aromatic nitrogens is 2. The number of para-hydroxylation sites is 1. The molecule has 0 spiro atoms. The van der Waals surface area contributed by atoms with Crippen molar-refractivity contribution < 1.29 is 14.3 Å². The van der Waals surface area contributed by atoms with Gasteiger partial charge in [-0.3, -0.25) is 4.79 Å². The quantitative estimate of drug-likeness (QED) is 0.398. The van der Waals surface area contributed by atoms with E-state index in [9.17, 15) is 4.79 Å². The van der Waals surface area contributed by atoms with Gasteiger partial charge < -0.3 is 9.47 Å². The third kappa shape index (κ3) is 3.61. The van der Waals surface area contributed by atoms with Crippen LogP contribution in [0.3, 0.4) is 0 Å². The van der Waals surface area contributed by atoms with Crippen LogP contribution >= 0.6 is 0 Å². The molecular formula is C28H22N2O3. The minimum absolute atomic E-state index is 0.0948. The van der Waals surface area contributed by atoms with Gasteiger partial charge >= 0.3 is 0 Å². The zero-order chi connectivity index (χ0) is 22.2. The van der Waals surface area contributed by atoms with E-state index in [2.05, 4.69) is 0 Å². The van der Waals surface area contributed by atoms with Gasteiger partial charge in [0.15, 0.2) is 17.3 Å². The topological polar surface area (TPSA) is 53.4 Å². The van der Waals surface area contributed by atoms with Gasteiger partial charge in [-0.2, -0.15) is 5.10 Å². The smallest absolute Gasteiger partial charge is 0.189 e. The van der Waals surface area contributed by atoms with Crippen LogP contribution in [-0.2, 0) is 6.42 Å². The van der Waals surface area contributed by atoms with Crippen LogP contribution in [0.5, 0.6) is 11.5 Å². The van der Waals surface area contributed by atoms with Crippen molar-refractivity contribution in [1.82, 2.24) is 9.78 Å². The lowest BCUT2D eigenvalue weighted by Crippen LogP contribution is -2.15. The van der Waals surface area contributed by atoms with Gasteiger partial charge in [-0.1, -0.05) is 42.5 Å². The number of hydrogen-bond donors (Lipinski definition) is 0. The van der Waals surface area contributed by atoms with Crippen LogP contribution in [-0.4, -0.2) is 28.8 Å². The number of benzene rings is 3. The Kier molecular flexibility index (Phi) is 4.80. The van der Waals surface area contributed by atoms with Gasteiger partial charge in [0.1, 0.15) is 18.9 Å². The van der Waals surface area contributed by atoms with E-state index in [1.54, 1.807) is 0 Å². The average Bonchev–Trinajstić information content (AvgIpc) is 3.30. The highest BCUT2D eigenvalue weighted by Gasteiger charge is 2.23. The molecule has 1 aliphatic carbocycles. The zero-order valence-corrected chi connectivity index (χ0v) is 18.0. The molecule has 5 heteroatoms. The Morgan fingerprint density at radius 1 is 0.848 bits per heavy atom. The van der Waals surface area contributed by atoms with Gasteiger partial charge in [-0.25, -0.2) is 4.68 Å². The molecule has 0 unspecified atom stereocenters. The molecule has 33 heavy (non-hydrogen) atoms. The molecule has 0 amide bonds. The van der Waals surface area contributed by atoms with Gasteiger partial charge in [0.05, 0.1) is 5.69 Å². The molecule has 0 N–H and O–H groups in total. The summed E-state index contributed by atoms with van der Waals surface area (Å²) in [5.74, 6) is 1.55. The van der Waals surface area contributed by atoms with E-state index < -0.39 is 0 Å². The number of rotatable bonds is 3. The number of hydrogen-bond acceptors (Lipinski definition) is 4. The summed E-state index contributed by atoms with van der Waals surface area (Å²) < 4.78 is 13.3. The fourth-order valence-corrected chi connectivity index (χ4v) is 4.46. The molecule has 0 saturated carbocycles. The number of carbonyl (C=O) groups is 1. The first-order chi connectivity index (χ1) is 16.3. The van der Waals surface area contributed by atoms with Crippen molar-refractivity contribution in [3.63, 3.8) is 0 Å². The summed E-state index contributed by atoms with van der Waals surface area (Å²) in [6, 6.07) is 23.7. The van der Waals surface area contributed by atoms with Crippen LogP contribution in [0, 0.1) is 0 Å². The van der Waals surface area contributed by atoms with Crippen molar-refractivity contribution in [3.8, 4) is 28.4 Å². The Morgan fingerprint density at radius 3 is 2.52 bits per heavy atom. The molecule has 2 aliphatic rings. The summed E-state index contributed by atoms with van der Waals surface area (Å²) in [5, 5.41) is 4.90. The number of Topliss-reactive ketones (excluding diaryl/α,β-unsaturated/α-hetero) is 1. The summed E-state index contributed by atoms with van der Waals surface area (Å²) >= 11 is 0. The van der Waals surface area contributed by atoms with Gasteiger partial charge in [-0.05, 0) is 54.8 Å². The van der Waals surface area contributed by atoms with E-state index in [0.29, 0.717) is 25.4 Å². The van der Waals surface area contributed by atoms with E-state index in [1.807, 2.05) is 89.8 Å². The summed E-state index contributed by atoms with van der Waals surface area (Å²) in [6.07, 6.45) is 5.56. The second kappa shape index (κ2) is 8.10. The maximum atomic E-state index is 13.2. The first kappa shape index (κ1) is 19.6. The molecule has 0 radical (unpaired) electrons. The van der Waals surface area contributed by atoms with Gasteiger partial charge in [0.2, 0.25) is 0 Å². The van der Waals surface area contributed by atoms with Crippen molar-refractivity contribution in [2.24, 2.45) is 0 Å². The molecular weight excluding hydrogens is 412 g/mol. The number of ether oxygens (including phenoxy) is 2. The normalized spacial score (nSPS) is 16.0. The summed E-state index contributed by atoms with van der Waals surface area (Å²) in [5.41, 5.74) is 6.30. The van der Waals surface area contributed by atoms with Crippen molar-refractivity contribution in [3.05, 3.63) is 101 Å². The lowest BCUT2D eigenvalue weighted by molar-refractivity contribution is 0.102. The lowest BCUT2D eigenvalue weighted by Gasteiger charge is -2.19. The molecule has 1 aliphatic heterocycles. The highest BCUT2D eigenvalue weighted by molar-refractivity contribution is 6.13. The largest absolute Gasteiger partial charge is 0.486 e. The Balaban J connectivity index is 1.47. The second-order valence-electron chi connectivity index (χ2n) is 8.23. The van der Waals surface area contributed by atoms with Crippen molar-refractivity contribution in [1.29, 1.82) is 0 Å². The Morgan fingerprint density at radius 2 is 1.64 bits per heavy atom.